The molecule has 2 heterocycles. The number of aromatic carboxylic acids is 1. The van der Waals surface area contributed by atoms with E-state index >= 15 is 0 Å². The van der Waals surface area contributed by atoms with Crippen LogP contribution in [0.4, 0.5) is 0 Å². The molecule has 1 aliphatic heterocycles. The summed E-state index contributed by atoms with van der Waals surface area (Å²) in [5.74, 6) is -0.824. The molecule has 0 aromatic carbocycles. The van der Waals surface area contributed by atoms with Crippen LogP contribution in [0.25, 0.3) is 0 Å². The minimum absolute atomic E-state index is 0.435. The van der Waals surface area contributed by atoms with Gasteiger partial charge in [-0.3, -0.25) is 4.90 Å². The fraction of sp³-hybridized carbons (Fsp3) is 0.545. The van der Waals surface area contributed by atoms with Crippen molar-refractivity contribution in [3.05, 3.63) is 21.9 Å². The highest BCUT2D eigenvalue weighted by Crippen LogP contribution is 2.31. The summed E-state index contributed by atoms with van der Waals surface area (Å²) in [5.41, 5.74) is 0.437. The Kier molecular flexibility index (Phi) is 2.56. The summed E-state index contributed by atoms with van der Waals surface area (Å²) in [6.45, 7) is 7.60. The van der Waals surface area contributed by atoms with Gasteiger partial charge in [0.25, 0.3) is 0 Å². The summed E-state index contributed by atoms with van der Waals surface area (Å²) in [5, 5.41) is 8.78. The Hall–Kier alpha value is -0.870. The number of thiophene rings is 1. The Morgan fingerprint density at radius 3 is 2.67 bits per heavy atom. The molecule has 1 aromatic rings. The van der Waals surface area contributed by atoms with Gasteiger partial charge >= 0.3 is 5.97 Å². The van der Waals surface area contributed by atoms with E-state index in [0.29, 0.717) is 10.3 Å². The van der Waals surface area contributed by atoms with Crippen LogP contribution in [0.5, 0.6) is 0 Å². The van der Waals surface area contributed by atoms with Crippen molar-refractivity contribution in [1.29, 1.82) is 0 Å². The number of carboxylic acid groups (broad SMARTS) is 1. The summed E-state index contributed by atoms with van der Waals surface area (Å²) in [7, 11) is 0. The summed E-state index contributed by atoms with van der Waals surface area (Å²) in [6.07, 6.45) is 0. The lowest BCUT2D eigenvalue weighted by Crippen LogP contribution is -2.51. The first kappa shape index (κ1) is 10.6. The standard InChI is InChI=1S/C11H15NO2S/c1-11(2)6-12(7-11)5-8-3-4-9(15-8)10(13)14/h3-4H,5-7H2,1-2H3,(H,13,14). The first-order valence-corrected chi connectivity index (χ1v) is 5.82. The first-order chi connectivity index (χ1) is 6.96. The van der Waals surface area contributed by atoms with Gasteiger partial charge in [-0.15, -0.1) is 11.3 Å². The van der Waals surface area contributed by atoms with E-state index in [1.807, 2.05) is 6.07 Å². The lowest BCUT2D eigenvalue weighted by molar-refractivity contribution is 0.0251. The van der Waals surface area contributed by atoms with Crippen LogP contribution in [0.1, 0.15) is 28.4 Å². The van der Waals surface area contributed by atoms with Crippen LogP contribution in [0.2, 0.25) is 0 Å². The monoisotopic (exact) mass is 225 g/mol. The van der Waals surface area contributed by atoms with Gasteiger partial charge in [0, 0.05) is 24.5 Å². The zero-order valence-electron chi connectivity index (χ0n) is 8.99. The van der Waals surface area contributed by atoms with Gasteiger partial charge in [0.05, 0.1) is 0 Å². The van der Waals surface area contributed by atoms with E-state index in [0.717, 1.165) is 24.5 Å². The molecule has 0 atom stereocenters. The molecule has 2 rings (SSSR count). The molecule has 1 aromatic heterocycles. The van der Waals surface area contributed by atoms with E-state index in [1.165, 1.54) is 11.3 Å². The molecular formula is C11H15NO2S. The van der Waals surface area contributed by atoms with Crippen molar-refractivity contribution in [1.82, 2.24) is 4.90 Å². The third-order valence-electron chi connectivity index (χ3n) is 2.56. The van der Waals surface area contributed by atoms with E-state index in [1.54, 1.807) is 6.07 Å². The highest BCUT2D eigenvalue weighted by molar-refractivity contribution is 7.13. The Bertz CT molecular complexity index is 376. The molecule has 15 heavy (non-hydrogen) atoms. The molecule has 82 valence electrons. The molecule has 1 aliphatic rings. The highest BCUT2D eigenvalue weighted by atomic mass is 32.1. The number of hydrogen-bond donors (Lipinski definition) is 1. The number of carbonyl (C=O) groups is 1. The minimum Gasteiger partial charge on any atom is -0.477 e. The van der Waals surface area contributed by atoms with Crippen LogP contribution in [-0.4, -0.2) is 29.1 Å². The SMILES string of the molecule is CC1(C)CN(Cc2ccc(C(=O)O)s2)C1. The molecule has 0 spiro atoms. The van der Waals surface area contributed by atoms with Gasteiger partial charge in [0.15, 0.2) is 0 Å². The molecule has 0 unspecified atom stereocenters. The van der Waals surface area contributed by atoms with Crippen molar-refractivity contribution < 1.29 is 9.90 Å². The fourth-order valence-electron chi connectivity index (χ4n) is 2.07. The minimum atomic E-state index is -0.824. The molecule has 1 saturated heterocycles. The fourth-order valence-corrected chi connectivity index (χ4v) is 2.96. The van der Waals surface area contributed by atoms with E-state index < -0.39 is 5.97 Å². The Morgan fingerprint density at radius 1 is 1.53 bits per heavy atom. The molecule has 0 amide bonds. The molecule has 0 radical (unpaired) electrons. The molecule has 3 nitrogen and oxygen atoms in total. The highest BCUT2D eigenvalue weighted by Gasteiger charge is 2.33. The maximum atomic E-state index is 10.7. The van der Waals surface area contributed by atoms with E-state index in [2.05, 4.69) is 18.7 Å². The predicted octanol–water partition coefficient (Wildman–Crippen LogP) is 2.29. The zero-order chi connectivity index (χ0) is 11.1. The molecule has 1 fully saturated rings. The van der Waals surface area contributed by atoms with Crippen LogP contribution in [0, 0.1) is 5.41 Å². The van der Waals surface area contributed by atoms with Gasteiger partial charge in [-0.05, 0) is 17.5 Å². The maximum Gasteiger partial charge on any atom is 0.345 e. The topological polar surface area (TPSA) is 40.5 Å². The average Bonchev–Trinajstić information content (AvgIpc) is 2.49. The Morgan fingerprint density at radius 2 is 2.20 bits per heavy atom. The normalized spacial score (nSPS) is 19.9. The second-order valence-corrected chi connectivity index (χ2v) is 6.05. The van der Waals surface area contributed by atoms with Crippen molar-refractivity contribution >= 4 is 17.3 Å². The smallest absolute Gasteiger partial charge is 0.345 e. The Balaban J connectivity index is 1.92. The summed E-state index contributed by atoms with van der Waals surface area (Å²) in [6, 6.07) is 3.60. The zero-order valence-corrected chi connectivity index (χ0v) is 9.80. The summed E-state index contributed by atoms with van der Waals surface area (Å²) < 4.78 is 0. The largest absolute Gasteiger partial charge is 0.477 e. The van der Waals surface area contributed by atoms with Crippen molar-refractivity contribution in [3.8, 4) is 0 Å². The van der Waals surface area contributed by atoms with Gasteiger partial charge in [-0.25, -0.2) is 4.79 Å². The Labute approximate surface area is 93.3 Å². The number of rotatable bonds is 3. The van der Waals surface area contributed by atoms with Crippen LogP contribution in [0.15, 0.2) is 12.1 Å². The summed E-state index contributed by atoms with van der Waals surface area (Å²) in [4.78, 5) is 14.6. The number of nitrogens with zero attached hydrogens (tertiary/aromatic N) is 1. The lowest BCUT2D eigenvalue weighted by Gasteiger charge is -2.45. The van der Waals surface area contributed by atoms with Crippen LogP contribution < -0.4 is 0 Å². The molecule has 0 aliphatic carbocycles. The van der Waals surface area contributed by atoms with Crippen LogP contribution in [0.3, 0.4) is 0 Å². The molecule has 4 heteroatoms. The van der Waals surface area contributed by atoms with Crippen LogP contribution >= 0.6 is 11.3 Å². The second kappa shape index (κ2) is 3.61. The molecule has 1 N–H and O–H groups in total. The van der Waals surface area contributed by atoms with E-state index in [9.17, 15) is 4.79 Å². The third kappa shape index (κ3) is 2.38. The van der Waals surface area contributed by atoms with Crippen LogP contribution in [-0.2, 0) is 6.54 Å². The molecular weight excluding hydrogens is 210 g/mol. The maximum absolute atomic E-state index is 10.7. The predicted molar refractivity (Wildman–Crippen MR) is 60.3 cm³/mol. The average molecular weight is 225 g/mol. The van der Waals surface area contributed by atoms with Gasteiger partial charge < -0.3 is 5.11 Å². The van der Waals surface area contributed by atoms with Gasteiger partial charge in [0.1, 0.15) is 4.88 Å². The third-order valence-corrected chi connectivity index (χ3v) is 3.61. The van der Waals surface area contributed by atoms with Crippen molar-refractivity contribution in [3.63, 3.8) is 0 Å². The van der Waals surface area contributed by atoms with Crippen molar-refractivity contribution in [2.24, 2.45) is 5.41 Å². The van der Waals surface area contributed by atoms with Gasteiger partial charge in [0.2, 0.25) is 0 Å². The molecule has 0 bridgehead atoms. The van der Waals surface area contributed by atoms with Gasteiger partial charge in [-0.2, -0.15) is 0 Å². The van der Waals surface area contributed by atoms with Crippen molar-refractivity contribution in [2.75, 3.05) is 13.1 Å². The lowest BCUT2D eigenvalue weighted by atomic mass is 9.84. The first-order valence-electron chi connectivity index (χ1n) is 5.01. The van der Waals surface area contributed by atoms with E-state index in [4.69, 9.17) is 5.11 Å². The number of likely N-dealkylation sites (tertiary alicyclic amines) is 1. The number of hydrogen-bond acceptors (Lipinski definition) is 3. The summed E-state index contributed by atoms with van der Waals surface area (Å²) >= 11 is 1.38. The van der Waals surface area contributed by atoms with Crippen molar-refractivity contribution in [2.45, 2.75) is 20.4 Å². The number of carboxylic acids is 1. The quantitative estimate of drug-likeness (QED) is 0.858. The molecule has 0 saturated carbocycles. The van der Waals surface area contributed by atoms with Gasteiger partial charge in [-0.1, -0.05) is 13.8 Å². The second-order valence-electron chi connectivity index (χ2n) is 4.88. The van der Waals surface area contributed by atoms with E-state index in [-0.39, 0.29) is 0 Å².